The van der Waals surface area contributed by atoms with Gasteiger partial charge in [0.25, 0.3) is 0 Å². The number of pyridine rings is 1. The molecular formula is C14H24Cl2N2O3. The largest absolute Gasteiger partial charge is 0.477 e. The highest BCUT2D eigenvalue weighted by Gasteiger charge is 2.42. The number of likely N-dealkylation sites (N-methyl/N-ethyl adjacent to an activating group) is 1. The number of aliphatic hydroxyl groups excluding tert-OH is 2. The van der Waals surface area contributed by atoms with Crippen LogP contribution in [0.4, 0.5) is 0 Å². The molecule has 1 heterocycles. The van der Waals surface area contributed by atoms with Gasteiger partial charge in [-0.25, -0.2) is 4.98 Å². The van der Waals surface area contributed by atoms with Gasteiger partial charge >= 0.3 is 0 Å². The van der Waals surface area contributed by atoms with Crippen molar-refractivity contribution in [2.24, 2.45) is 5.92 Å². The summed E-state index contributed by atoms with van der Waals surface area (Å²) >= 11 is 0. The zero-order chi connectivity index (χ0) is 14.0. The van der Waals surface area contributed by atoms with Crippen molar-refractivity contribution in [3.8, 4) is 5.88 Å². The van der Waals surface area contributed by atoms with Gasteiger partial charge in [0.2, 0.25) is 5.88 Å². The lowest BCUT2D eigenvalue weighted by atomic mass is 10.1. The minimum absolute atomic E-state index is 0. The van der Waals surface area contributed by atoms with E-state index in [1.165, 1.54) is 0 Å². The maximum absolute atomic E-state index is 10.0. The lowest BCUT2D eigenvalue weighted by Crippen LogP contribution is -2.39. The van der Waals surface area contributed by atoms with Crippen LogP contribution in [0.25, 0.3) is 0 Å². The number of aryl methyl sites for hydroxylation is 1. The Morgan fingerprint density at radius 3 is 2.43 bits per heavy atom. The Balaban J connectivity index is 0.00000200. The fraction of sp³-hybridized carbons (Fsp3) is 0.643. The van der Waals surface area contributed by atoms with Crippen molar-refractivity contribution in [2.75, 3.05) is 20.7 Å². The zero-order valence-corrected chi connectivity index (χ0v) is 14.1. The topological polar surface area (TPSA) is 65.8 Å². The van der Waals surface area contributed by atoms with E-state index in [-0.39, 0.29) is 36.8 Å². The third kappa shape index (κ3) is 4.97. The first kappa shape index (κ1) is 20.4. The van der Waals surface area contributed by atoms with Gasteiger partial charge in [-0.2, -0.15) is 0 Å². The number of hydrogen-bond donors (Lipinski definition) is 2. The molecule has 1 aliphatic rings. The molecule has 2 rings (SSSR count). The number of nitrogens with zero attached hydrogens (tertiary/aromatic N) is 2. The zero-order valence-electron chi connectivity index (χ0n) is 12.5. The van der Waals surface area contributed by atoms with Gasteiger partial charge in [0.1, 0.15) is 0 Å². The summed E-state index contributed by atoms with van der Waals surface area (Å²) in [5.41, 5.74) is 0.899. The van der Waals surface area contributed by atoms with Gasteiger partial charge < -0.3 is 19.8 Å². The lowest BCUT2D eigenvalue weighted by Gasteiger charge is -2.22. The van der Waals surface area contributed by atoms with Crippen LogP contribution in [0.5, 0.6) is 5.88 Å². The first-order valence-corrected chi connectivity index (χ1v) is 6.58. The highest BCUT2D eigenvalue weighted by molar-refractivity contribution is 5.85. The molecule has 5 nitrogen and oxygen atoms in total. The molecule has 0 amide bonds. The van der Waals surface area contributed by atoms with Crippen molar-refractivity contribution < 1.29 is 14.9 Å². The van der Waals surface area contributed by atoms with E-state index in [9.17, 15) is 10.2 Å². The second kappa shape index (κ2) is 8.76. The van der Waals surface area contributed by atoms with Crippen LogP contribution in [0.15, 0.2) is 18.2 Å². The third-order valence-corrected chi connectivity index (χ3v) is 3.74. The smallest absolute Gasteiger partial charge is 0.213 e. The highest BCUT2D eigenvalue weighted by atomic mass is 35.5. The van der Waals surface area contributed by atoms with E-state index >= 15 is 0 Å². The van der Waals surface area contributed by atoms with Gasteiger partial charge in [-0.15, -0.1) is 24.8 Å². The first-order valence-electron chi connectivity index (χ1n) is 6.58. The Labute approximate surface area is 138 Å². The molecule has 7 heteroatoms. The van der Waals surface area contributed by atoms with Gasteiger partial charge in [-0.1, -0.05) is 6.07 Å². The minimum atomic E-state index is -0.739. The van der Waals surface area contributed by atoms with Crippen molar-refractivity contribution in [3.63, 3.8) is 0 Å². The Morgan fingerprint density at radius 1 is 1.24 bits per heavy atom. The molecule has 1 aromatic rings. The van der Waals surface area contributed by atoms with Gasteiger partial charge in [0.05, 0.1) is 18.8 Å². The summed E-state index contributed by atoms with van der Waals surface area (Å²) < 4.78 is 5.62. The monoisotopic (exact) mass is 338 g/mol. The van der Waals surface area contributed by atoms with E-state index in [4.69, 9.17) is 4.74 Å². The lowest BCUT2D eigenvalue weighted by molar-refractivity contribution is -0.00960. The molecule has 2 N–H and O–H groups in total. The summed E-state index contributed by atoms with van der Waals surface area (Å²) in [4.78, 5) is 6.20. The van der Waals surface area contributed by atoms with Crippen LogP contribution in [-0.2, 0) is 0 Å². The molecular weight excluding hydrogens is 315 g/mol. The average Bonchev–Trinajstić information content (AvgIpc) is 2.64. The van der Waals surface area contributed by atoms with Crippen LogP contribution < -0.4 is 4.74 Å². The van der Waals surface area contributed by atoms with Crippen LogP contribution in [0.3, 0.4) is 0 Å². The molecule has 1 aliphatic carbocycles. The number of halogens is 2. The number of rotatable bonds is 4. The fourth-order valence-corrected chi connectivity index (χ4v) is 2.57. The maximum Gasteiger partial charge on any atom is 0.213 e. The van der Waals surface area contributed by atoms with Gasteiger partial charge in [-0.05, 0) is 33.5 Å². The standard InChI is InChI=1S/C14H22N2O3.2ClH/c1-9-5-4-6-12(15-9)19-8-10-7-11(16(2)3)14(18)13(10)17;;/h4-6,10-11,13-14,17-18H,7-8H2,1-3H3;2*1H/t10-,11-,13-,14+;;/m1../s1. The van der Waals surface area contributed by atoms with E-state index < -0.39 is 12.2 Å². The van der Waals surface area contributed by atoms with Crippen LogP contribution >= 0.6 is 24.8 Å². The molecule has 0 unspecified atom stereocenters. The molecule has 0 aromatic carbocycles. The number of aliphatic hydroxyl groups is 2. The third-order valence-electron chi connectivity index (χ3n) is 3.74. The molecule has 0 saturated heterocycles. The molecule has 0 radical (unpaired) electrons. The Morgan fingerprint density at radius 2 is 1.90 bits per heavy atom. The highest BCUT2D eigenvalue weighted by Crippen LogP contribution is 2.29. The summed E-state index contributed by atoms with van der Waals surface area (Å²) in [7, 11) is 3.82. The Bertz CT molecular complexity index is 434. The number of hydrogen-bond acceptors (Lipinski definition) is 5. The molecule has 122 valence electrons. The van der Waals surface area contributed by atoms with Crippen molar-refractivity contribution in [2.45, 2.75) is 31.6 Å². The second-order valence-corrected chi connectivity index (χ2v) is 5.44. The average molecular weight is 339 g/mol. The van der Waals surface area contributed by atoms with Gasteiger partial charge in [-0.3, -0.25) is 0 Å². The van der Waals surface area contributed by atoms with Crippen molar-refractivity contribution in [1.82, 2.24) is 9.88 Å². The van der Waals surface area contributed by atoms with E-state index in [2.05, 4.69) is 4.98 Å². The van der Waals surface area contributed by atoms with Crippen LogP contribution in [-0.4, -0.2) is 59.0 Å². The first-order chi connectivity index (χ1) is 8.99. The summed E-state index contributed by atoms with van der Waals surface area (Å²) in [6, 6.07) is 5.58. The van der Waals surface area contributed by atoms with E-state index in [1.807, 2.05) is 38.1 Å². The Hall–Kier alpha value is -0.590. The van der Waals surface area contributed by atoms with E-state index in [1.54, 1.807) is 6.07 Å². The SMILES string of the molecule is Cc1cccc(OC[C@H]2C[C@@H](N(C)C)[C@H](O)[C@@H]2O)n1.Cl.Cl. The molecule has 0 bridgehead atoms. The van der Waals surface area contributed by atoms with Crippen molar-refractivity contribution in [3.05, 3.63) is 23.9 Å². The molecule has 1 aromatic heterocycles. The van der Waals surface area contributed by atoms with Gasteiger partial charge in [0.15, 0.2) is 0 Å². The predicted molar refractivity (Wildman–Crippen MR) is 86.6 cm³/mol. The Kier molecular flexibility index (Phi) is 8.51. The quantitative estimate of drug-likeness (QED) is 0.865. The van der Waals surface area contributed by atoms with Crippen molar-refractivity contribution in [1.29, 1.82) is 0 Å². The van der Waals surface area contributed by atoms with Crippen LogP contribution in [0.2, 0.25) is 0 Å². The summed E-state index contributed by atoms with van der Waals surface area (Å²) in [6.07, 6.45) is -0.729. The second-order valence-electron chi connectivity index (χ2n) is 5.44. The van der Waals surface area contributed by atoms with Crippen LogP contribution in [0, 0.1) is 12.8 Å². The minimum Gasteiger partial charge on any atom is -0.477 e. The normalized spacial score (nSPS) is 27.9. The molecule has 1 fully saturated rings. The van der Waals surface area contributed by atoms with Gasteiger partial charge in [0, 0.05) is 23.7 Å². The molecule has 0 spiro atoms. The molecule has 1 saturated carbocycles. The summed E-state index contributed by atoms with van der Waals surface area (Å²) in [6.45, 7) is 2.28. The maximum atomic E-state index is 10.0. The van der Waals surface area contributed by atoms with E-state index in [0.717, 1.165) is 12.1 Å². The molecule has 0 aliphatic heterocycles. The number of aromatic nitrogens is 1. The molecule has 21 heavy (non-hydrogen) atoms. The predicted octanol–water partition coefficient (Wildman–Crippen LogP) is 1.28. The van der Waals surface area contributed by atoms with Crippen molar-refractivity contribution >= 4 is 24.8 Å². The van der Waals surface area contributed by atoms with E-state index in [0.29, 0.717) is 12.5 Å². The summed E-state index contributed by atoms with van der Waals surface area (Å²) in [5.74, 6) is 0.500. The fourth-order valence-electron chi connectivity index (χ4n) is 2.57. The molecule has 4 atom stereocenters. The number of ether oxygens (including phenoxy) is 1. The van der Waals surface area contributed by atoms with Crippen LogP contribution in [0.1, 0.15) is 12.1 Å². The summed E-state index contributed by atoms with van der Waals surface area (Å²) in [5, 5.41) is 20.0.